The highest BCUT2D eigenvalue weighted by atomic mass is 32.2. The van der Waals surface area contributed by atoms with Gasteiger partial charge in [0.05, 0.1) is 4.90 Å². The van der Waals surface area contributed by atoms with Gasteiger partial charge in [0.1, 0.15) is 0 Å². The van der Waals surface area contributed by atoms with Gasteiger partial charge in [-0.2, -0.15) is 4.31 Å². The van der Waals surface area contributed by atoms with Crippen LogP contribution in [0.1, 0.15) is 25.8 Å². The number of benzene rings is 1. The van der Waals surface area contributed by atoms with E-state index in [9.17, 15) is 8.42 Å². The molecule has 0 spiro atoms. The molecule has 2 rings (SSSR count). The topological polar surface area (TPSA) is 63.4 Å². The summed E-state index contributed by atoms with van der Waals surface area (Å²) in [7, 11) is -3.45. The maximum absolute atomic E-state index is 12.6. The van der Waals surface area contributed by atoms with Crippen LogP contribution in [-0.4, -0.2) is 30.8 Å². The summed E-state index contributed by atoms with van der Waals surface area (Å²) in [5, 5.41) is 0. The molecule has 1 heterocycles. The second kappa shape index (κ2) is 4.33. The predicted octanol–water partition coefficient (Wildman–Crippen LogP) is 1.50. The van der Waals surface area contributed by atoms with Crippen LogP contribution in [-0.2, 0) is 10.0 Å². The molecule has 2 N–H and O–H groups in total. The van der Waals surface area contributed by atoms with E-state index in [1.165, 1.54) is 4.31 Å². The van der Waals surface area contributed by atoms with Crippen LogP contribution in [0.25, 0.3) is 0 Å². The van der Waals surface area contributed by atoms with E-state index >= 15 is 0 Å². The van der Waals surface area contributed by atoms with Gasteiger partial charge in [-0.1, -0.05) is 12.1 Å². The first-order valence-corrected chi connectivity index (χ1v) is 7.52. The molecule has 0 aliphatic carbocycles. The minimum atomic E-state index is -3.45. The Labute approximate surface area is 109 Å². The summed E-state index contributed by atoms with van der Waals surface area (Å²) in [6, 6.07) is 6.92. The number of rotatable bonds is 2. The van der Waals surface area contributed by atoms with Crippen molar-refractivity contribution >= 4 is 10.0 Å². The second-order valence-electron chi connectivity index (χ2n) is 5.63. The van der Waals surface area contributed by atoms with Gasteiger partial charge in [-0.25, -0.2) is 8.42 Å². The number of hydrogen-bond donors (Lipinski definition) is 1. The van der Waals surface area contributed by atoms with Crippen molar-refractivity contribution in [3.63, 3.8) is 0 Å². The summed E-state index contributed by atoms with van der Waals surface area (Å²) in [5.41, 5.74) is 6.43. The molecule has 1 saturated heterocycles. The second-order valence-corrected chi connectivity index (χ2v) is 7.49. The number of aryl methyl sites for hydroxylation is 1. The average molecular weight is 268 g/mol. The van der Waals surface area contributed by atoms with Gasteiger partial charge in [-0.05, 0) is 44.9 Å². The molecule has 5 heteroatoms. The SMILES string of the molecule is Cc1cccc(S(=O)(=O)N2CC(N)CC2(C)C)c1. The minimum absolute atomic E-state index is 0.0837. The molecule has 0 saturated carbocycles. The maximum Gasteiger partial charge on any atom is 0.243 e. The molecule has 1 aromatic rings. The fourth-order valence-electron chi connectivity index (χ4n) is 2.59. The molecule has 1 aromatic carbocycles. The van der Waals surface area contributed by atoms with Crippen molar-refractivity contribution in [1.82, 2.24) is 4.31 Å². The Balaban J connectivity index is 2.44. The number of hydrogen-bond acceptors (Lipinski definition) is 3. The van der Waals surface area contributed by atoms with Crippen molar-refractivity contribution in [2.24, 2.45) is 5.73 Å². The standard InChI is InChI=1S/C13H20N2O2S/c1-10-5-4-6-12(7-10)18(16,17)15-9-11(14)8-13(15,2)3/h4-7,11H,8-9,14H2,1-3H3. The van der Waals surface area contributed by atoms with E-state index in [1.807, 2.05) is 26.8 Å². The third-order valence-corrected chi connectivity index (χ3v) is 5.49. The Morgan fingerprint density at radius 3 is 2.56 bits per heavy atom. The molecule has 0 amide bonds. The van der Waals surface area contributed by atoms with Crippen molar-refractivity contribution in [2.45, 2.75) is 43.7 Å². The summed E-state index contributed by atoms with van der Waals surface area (Å²) in [6.45, 7) is 6.13. The van der Waals surface area contributed by atoms with Gasteiger partial charge in [0.2, 0.25) is 10.0 Å². The van der Waals surface area contributed by atoms with Crippen molar-refractivity contribution in [1.29, 1.82) is 0 Å². The molecule has 0 radical (unpaired) electrons. The van der Waals surface area contributed by atoms with E-state index in [-0.39, 0.29) is 6.04 Å². The normalized spacial score (nSPS) is 24.3. The molecule has 100 valence electrons. The summed E-state index contributed by atoms with van der Waals surface area (Å²) < 4.78 is 26.8. The first-order chi connectivity index (χ1) is 8.23. The Morgan fingerprint density at radius 2 is 2.06 bits per heavy atom. The zero-order chi connectivity index (χ0) is 13.6. The number of sulfonamides is 1. The fraction of sp³-hybridized carbons (Fsp3) is 0.538. The fourth-order valence-corrected chi connectivity index (χ4v) is 4.55. The molecule has 0 aromatic heterocycles. The predicted molar refractivity (Wildman–Crippen MR) is 71.7 cm³/mol. The summed E-state index contributed by atoms with van der Waals surface area (Å²) in [5.74, 6) is 0. The van der Waals surface area contributed by atoms with E-state index in [4.69, 9.17) is 5.73 Å². The molecular weight excluding hydrogens is 248 g/mol. The quantitative estimate of drug-likeness (QED) is 0.884. The zero-order valence-electron chi connectivity index (χ0n) is 11.1. The highest BCUT2D eigenvalue weighted by Gasteiger charge is 2.44. The van der Waals surface area contributed by atoms with Crippen LogP contribution in [0.3, 0.4) is 0 Å². The van der Waals surface area contributed by atoms with Gasteiger partial charge < -0.3 is 5.73 Å². The van der Waals surface area contributed by atoms with Gasteiger partial charge >= 0.3 is 0 Å². The highest BCUT2D eigenvalue weighted by molar-refractivity contribution is 7.89. The Morgan fingerprint density at radius 1 is 1.39 bits per heavy atom. The van der Waals surface area contributed by atoms with E-state index < -0.39 is 15.6 Å². The molecular formula is C13H20N2O2S. The first-order valence-electron chi connectivity index (χ1n) is 6.08. The van der Waals surface area contributed by atoms with Crippen LogP contribution in [0.15, 0.2) is 29.2 Å². The van der Waals surface area contributed by atoms with E-state index in [2.05, 4.69) is 0 Å². The van der Waals surface area contributed by atoms with Crippen LogP contribution in [0.4, 0.5) is 0 Å². The third kappa shape index (κ3) is 2.30. The van der Waals surface area contributed by atoms with Crippen LogP contribution in [0.5, 0.6) is 0 Å². The van der Waals surface area contributed by atoms with Gasteiger partial charge in [0, 0.05) is 18.1 Å². The lowest BCUT2D eigenvalue weighted by atomic mass is 10.0. The lowest BCUT2D eigenvalue weighted by Crippen LogP contribution is -2.42. The molecule has 1 fully saturated rings. The van der Waals surface area contributed by atoms with E-state index in [1.54, 1.807) is 18.2 Å². The van der Waals surface area contributed by atoms with Gasteiger partial charge in [0.25, 0.3) is 0 Å². The smallest absolute Gasteiger partial charge is 0.243 e. The van der Waals surface area contributed by atoms with Crippen molar-refractivity contribution in [2.75, 3.05) is 6.54 Å². The largest absolute Gasteiger partial charge is 0.326 e. The van der Waals surface area contributed by atoms with Gasteiger partial charge in [-0.3, -0.25) is 0 Å². The Bertz CT molecular complexity index is 552. The van der Waals surface area contributed by atoms with E-state index in [0.717, 1.165) is 5.56 Å². The Kier molecular flexibility index (Phi) is 3.25. The lowest BCUT2D eigenvalue weighted by molar-refractivity contribution is 0.291. The monoisotopic (exact) mass is 268 g/mol. The first kappa shape index (κ1) is 13.5. The van der Waals surface area contributed by atoms with Crippen molar-refractivity contribution in [3.05, 3.63) is 29.8 Å². The number of nitrogens with two attached hydrogens (primary N) is 1. The highest BCUT2D eigenvalue weighted by Crippen LogP contribution is 2.33. The molecule has 18 heavy (non-hydrogen) atoms. The third-order valence-electron chi connectivity index (χ3n) is 3.41. The molecule has 1 aliphatic heterocycles. The summed E-state index contributed by atoms with van der Waals surface area (Å²) in [4.78, 5) is 0.352. The van der Waals surface area contributed by atoms with Gasteiger partial charge in [0.15, 0.2) is 0 Å². The maximum atomic E-state index is 12.6. The summed E-state index contributed by atoms with van der Waals surface area (Å²) >= 11 is 0. The number of nitrogens with zero attached hydrogens (tertiary/aromatic N) is 1. The minimum Gasteiger partial charge on any atom is -0.326 e. The van der Waals surface area contributed by atoms with Crippen LogP contribution in [0, 0.1) is 6.92 Å². The zero-order valence-corrected chi connectivity index (χ0v) is 11.9. The van der Waals surface area contributed by atoms with Crippen LogP contribution in [0.2, 0.25) is 0 Å². The molecule has 0 bridgehead atoms. The molecule has 1 unspecified atom stereocenters. The Hall–Kier alpha value is -0.910. The van der Waals surface area contributed by atoms with Crippen LogP contribution >= 0.6 is 0 Å². The van der Waals surface area contributed by atoms with Crippen molar-refractivity contribution in [3.8, 4) is 0 Å². The van der Waals surface area contributed by atoms with Crippen molar-refractivity contribution < 1.29 is 8.42 Å². The molecule has 1 aliphatic rings. The average Bonchev–Trinajstić information content (AvgIpc) is 2.52. The van der Waals surface area contributed by atoms with Crippen LogP contribution < -0.4 is 5.73 Å². The summed E-state index contributed by atoms with van der Waals surface area (Å²) in [6.07, 6.45) is 0.693. The molecule has 1 atom stereocenters. The molecule has 4 nitrogen and oxygen atoms in total. The lowest BCUT2D eigenvalue weighted by Gasteiger charge is -2.30. The van der Waals surface area contributed by atoms with E-state index in [0.29, 0.717) is 17.9 Å². The van der Waals surface area contributed by atoms with Gasteiger partial charge in [-0.15, -0.1) is 0 Å².